The molecular weight excluding hydrogens is 182 g/mol. The third-order valence-corrected chi connectivity index (χ3v) is 1.30. The van der Waals surface area contributed by atoms with E-state index in [-0.39, 0.29) is 0 Å². The Hall–Kier alpha value is -1.18. The molecule has 3 atom stereocenters. The molecule has 8 nitrogen and oxygen atoms in total. The van der Waals surface area contributed by atoms with Crippen LogP contribution >= 0.6 is 0 Å². The number of aliphatic hydroxyl groups is 4. The Morgan fingerprint density at radius 2 is 2.00 bits per heavy atom. The SMILES string of the molecule is [N-]=[N+]=NC(=O)[C@H](O)[C@H](O)[C@H](O)CO. The van der Waals surface area contributed by atoms with Crippen LogP contribution < -0.4 is 0 Å². The quantitative estimate of drug-likeness (QED) is 0.228. The fourth-order valence-corrected chi connectivity index (χ4v) is 0.568. The molecule has 1 amide bonds. The normalized spacial score (nSPS) is 16.9. The van der Waals surface area contributed by atoms with Gasteiger partial charge < -0.3 is 20.4 Å². The summed E-state index contributed by atoms with van der Waals surface area (Å²) in [6.45, 7) is -0.818. The zero-order chi connectivity index (χ0) is 10.4. The summed E-state index contributed by atoms with van der Waals surface area (Å²) in [5, 5.41) is 37.4. The van der Waals surface area contributed by atoms with Crippen LogP contribution in [0.25, 0.3) is 10.4 Å². The topological polar surface area (TPSA) is 147 Å². The zero-order valence-corrected chi connectivity index (χ0v) is 6.48. The molecule has 0 rings (SSSR count). The first kappa shape index (κ1) is 11.8. The third kappa shape index (κ3) is 3.36. The first-order valence-electron chi connectivity index (χ1n) is 3.28. The van der Waals surface area contributed by atoms with Gasteiger partial charge in [-0.3, -0.25) is 4.79 Å². The first-order valence-corrected chi connectivity index (χ1v) is 3.28. The minimum Gasteiger partial charge on any atom is -0.394 e. The zero-order valence-electron chi connectivity index (χ0n) is 6.48. The molecule has 13 heavy (non-hydrogen) atoms. The number of amides is 1. The third-order valence-electron chi connectivity index (χ3n) is 1.30. The average molecular weight is 191 g/mol. The van der Waals surface area contributed by atoms with Gasteiger partial charge >= 0.3 is 0 Å². The lowest BCUT2D eigenvalue weighted by atomic mass is 10.1. The van der Waals surface area contributed by atoms with Crippen molar-refractivity contribution in [3.8, 4) is 0 Å². The molecule has 74 valence electrons. The van der Waals surface area contributed by atoms with Crippen molar-refractivity contribution in [1.29, 1.82) is 0 Å². The van der Waals surface area contributed by atoms with E-state index in [1.165, 1.54) is 0 Å². The summed E-state index contributed by atoms with van der Waals surface area (Å²) in [6.07, 6.45) is -5.56. The van der Waals surface area contributed by atoms with Crippen molar-refractivity contribution in [3.05, 3.63) is 10.4 Å². The van der Waals surface area contributed by atoms with Gasteiger partial charge in [0.2, 0.25) is 5.91 Å². The van der Waals surface area contributed by atoms with Gasteiger partial charge in [-0.15, -0.1) is 0 Å². The van der Waals surface area contributed by atoms with Gasteiger partial charge in [-0.2, -0.15) is 0 Å². The molecule has 0 saturated carbocycles. The molecule has 0 aromatic rings. The van der Waals surface area contributed by atoms with E-state index in [9.17, 15) is 4.79 Å². The molecule has 0 aliphatic rings. The van der Waals surface area contributed by atoms with Gasteiger partial charge in [0.05, 0.1) is 6.61 Å². The minimum atomic E-state index is -2.03. The van der Waals surface area contributed by atoms with E-state index in [0.29, 0.717) is 0 Å². The van der Waals surface area contributed by atoms with Crippen molar-refractivity contribution in [2.75, 3.05) is 6.61 Å². The highest BCUT2D eigenvalue weighted by atomic mass is 16.4. The predicted molar refractivity (Wildman–Crippen MR) is 39.3 cm³/mol. The van der Waals surface area contributed by atoms with Crippen molar-refractivity contribution in [1.82, 2.24) is 0 Å². The number of carbonyl (C=O) groups is 1. The van der Waals surface area contributed by atoms with Crippen LogP contribution in [0.1, 0.15) is 0 Å². The number of carbonyl (C=O) groups excluding carboxylic acids is 1. The lowest BCUT2D eigenvalue weighted by Gasteiger charge is -2.18. The highest BCUT2D eigenvalue weighted by Gasteiger charge is 2.28. The van der Waals surface area contributed by atoms with E-state index >= 15 is 0 Å². The molecule has 8 heteroatoms. The molecule has 0 aliphatic carbocycles. The molecule has 0 aromatic carbocycles. The summed E-state index contributed by atoms with van der Waals surface area (Å²) >= 11 is 0. The fourth-order valence-electron chi connectivity index (χ4n) is 0.568. The maximum absolute atomic E-state index is 10.6. The van der Waals surface area contributed by atoms with E-state index in [2.05, 4.69) is 10.0 Å². The van der Waals surface area contributed by atoms with Crippen molar-refractivity contribution < 1.29 is 25.2 Å². The van der Waals surface area contributed by atoms with Crippen molar-refractivity contribution in [2.24, 2.45) is 5.11 Å². The monoisotopic (exact) mass is 191 g/mol. The summed E-state index contributed by atoms with van der Waals surface area (Å²) in [7, 11) is 0. The number of azide groups is 1. The summed E-state index contributed by atoms with van der Waals surface area (Å²) in [6, 6.07) is 0. The van der Waals surface area contributed by atoms with E-state index in [1.54, 1.807) is 0 Å². The van der Waals surface area contributed by atoms with Crippen LogP contribution in [-0.4, -0.2) is 51.3 Å². The largest absolute Gasteiger partial charge is 0.394 e. The van der Waals surface area contributed by atoms with Crippen LogP contribution in [0.4, 0.5) is 0 Å². The molecule has 0 aliphatic heterocycles. The second-order valence-electron chi connectivity index (χ2n) is 2.21. The van der Waals surface area contributed by atoms with Crippen LogP contribution in [0, 0.1) is 0 Å². The molecule has 0 radical (unpaired) electrons. The Morgan fingerprint density at radius 1 is 1.46 bits per heavy atom. The van der Waals surface area contributed by atoms with E-state index < -0.39 is 30.8 Å². The fraction of sp³-hybridized carbons (Fsp3) is 0.800. The highest BCUT2D eigenvalue weighted by molar-refractivity contribution is 5.81. The first-order chi connectivity index (χ1) is 6.04. The second-order valence-corrected chi connectivity index (χ2v) is 2.21. The van der Waals surface area contributed by atoms with Crippen LogP contribution in [0.2, 0.25) is 0 Å². The van der Waals surface area contributed by atoms with E-state index in [0.717, 1.165) is 0 Å². The molecule has 0 spiro atoms. The summed E-state index contributed by atoms with van der Waals surface area (Å²) < 4.78 is 0. The van der Waals surface area contributed by atoms with Gasteiger partial charge in [0, 0.05) is 4.91 Å². The van der Waals surface area contributed by atoms with E-state index in [1.807, 2.05) is 0 Å². The molecule has 0 aromatic heterocycles. The second kappa shape index (κ2) is 5.46. The highest BCUT2D eigenvalue weighted by Crippen LogP contribution is 2.01. The Bertz CT molecular complexity index is 226. The molecular formula is C5H9N3O5. The molecule has 0 saturated heterocycles. The number of aliphatic hydroxyl groups excluding tert-OH is 4. The Kier molecular flexibility index (Phi) is 4.97. The maximum Gasteiger partial charge on any atom is 0.250 e. The molecule has 0 bridgehead atoms. The molecule has 0 heterocycles. The maximum atomic E-state index is 10.6. The lowest BCUT2D eigenvalue weighted by molar-refractivity contribution is -0.139. The summed E-state index contributed by atoms with van der Waals surface area (Å²) in [4.78, 5) is 12.7. The average Bonchev–Trinajstić information content (AvgIpc) is 2.14. The van der Waals surface area contributed by atoms with Gasteiger partial charge in [0.15, 0.2) is 0 Å². The van der Waals surface area contributed by atoms with Crippen LogP contribution in [0.3, 0.4) is 0 Å². The smallest absolute Gasteiger partial charge is 0.250 e. The minimum absolute atomic E-state index is 0.818. The Labute approximate surface area is 72.7 Å². The van der Waals surface area contributed by atoms with Gasteiger partial charge in [0.25, 0.3) is 0 Å². The standard InChI is InChI=1S/C5H9N3O5/c6-8-7-5(13)4(12)3(11)2(10)1-9/h2-4,9-12H,1H2/t2-,3-,4-/m1/s1. The van der Waals surface area contributed by atoms with Crippen LogP contribution in [0.5, 0.6) is 0 Å². The number of rotatable bonds is 4. The Balaban J connectivity index is 4.32. The predicted octanol–water partition coefficient (Wildman–Crippen LogP) is -2.10. The van der Waals surface area contributed by atoms with Gasteiger partial charge in [-0.05, 0) is 10.6 Å². The van der Waals surface area contributed by atoms with Crippen LogP contribution in [-0.2, 0) is 4.79 Å². The van der Waals surface area contributed by atoms with Gasteiger partial charge in [-0.1, -0.05) is 0 Å². The lowest BCUT2D eigenvalue weighted by Crippen LogP contribution is -2.43. The number of hydrogen-bond donors (Lipinski definition) is 4. The van der Waals surface area contributed by atoms with Crippen molar-refractivity contribution >= 4 is 5.91 Å². The molecule has 4 N–H and O–H groups in total. The Morgan fingerprint density at radius 3 is 2.38 bits per heavy atom. The van der Waals surface area contributed by atoms with Crippen molar-refractivity contribution in [2.45, 2.75) is 18.3 Å². The number of hydrogen-bond acceptors (Lipinski definition) is 5. The summed E-state index contributed by atoms with van der Waals surface area (Å²) in [5.74, 6) is -1.32. The molecule has 0 fully saturated rings. The number of nitrogens with zero attached hydrogens (tertiary/aromatic N) is 3. The van der Waals surface area contributed by atoms with Crippen molar-refractivity contribution in [3.63, 3.8) is 0 Å². The van der Waals surface area contributed by atoms with E-state index in [4.69, 9.17) is 26.0 Å². The molecule has 0 unspecified atom stereocenters. The van der Waals surface area contributed by atoms with Crippen LogP contribution in [0.15, 0.2) is 5.11 Å². The van der Waals surface area contributed by atoms with Gasteiger partial charge in [0.1, 0.15) is 18.3 Å². The van der Waals surface area contributed by atoms with Gasteiger partial charge in [-0.25, -0.2) is 0 Å². The summed E-state index contributed by atoms with van der Waals surface area (Å²) in [5.41, 5.74) is 7.80.